The second kappa shape index (κ2) is 8.06. The molecule has 2 aromatic rings. The van der Waals surface area contributed by atoms with Gasteiger partial charge in [0.2, 0.25) is 5.91 Å². The summed E-state index contributed by atoms with van der Waals surface area (Å²) in [6.45, 7) is 3.88. The van der Waals surface area contributed by atoms with Gasteiger partial charge in [-0.1, -0.05) is 48.5 Å². The Hall–Kier alpha value is -2.20. The second-order valence-electron chi connectivity index (χ2n) is 6.43. The Bertz CT molecular complexity index is 670. The van der Waals surface area contributed by atoms with E-state index in [1.807, 2.05) is 30.3 Å². The third kappa shape index (κ3) is 4.20. The first kappa shape index (κ1) is 18.1. The monoisotopic (exact) mass is 329 g/mol. The fraction of sp³-hybridized carbons (Fsp3) is 0.350. The zero-order valence-electron chi connectivity index (χ0n) is 14.1. The average Bonchev–Trinajstić information content (AvgIpc) is 2.59. The van der Waals surface area contributed by atoms with Crippen molar-refractivity contribution in [1.82, 2.24) is 5.32 Å². The van der Waals surface area contributed by atoms with Gasteiger partial charge in [-0.25, -0.2) is 4.39 Å². The maximum Gasteiger partial charge on any atom is 0.230 e. The van der Waals surface area contributed by atoms with Crippen molar-refractivity contribution in [3.05, 3.63) is 71.5 Å². The van der Waals surface area contributed by atoms with Crippen LogP contribution in [0.15, 0.2) is 54.6 Å². The topological polar surface area (TPSA) is 49.3 Å². The number of halogens is 1. The molecule has 0 radical (unpaired) electrons. The number of carbonyl (C=O) groups excluding carboxylic acids is 1. The standard InChI is InChI=1S/C20H24FNO2/c1-20(2,17-10-6-7-11-18(17)21)19(24)22-14-16(12-13-23)15-8-4-3-5-9-15/h3-11,16,23H,12-14H2,1-2H3,(H,22,24). The summed E-state index contributed by atoms with van der Waals surface area (Å²) in [7, 11) is 0. The molecule has 0 heterocycles. The summed E-state index contributed by atoms with van der Waals surface area (Å²) < 4.78 is 14.0. The Morgan fingerprint density at radius 1 is 1.12 bits per heavy atom. The van der Waals surface area contributed by atoms with Gasteiger partial charge in [0.05, 0.1) is 5.41 Å². The molecule has 0 fully saturated rings. The SMILES string of the molecule is CC(C)(C(=O)NCC(CCO)c1ccccc1)c1ccccc1F. The number of hydrogen-bond acceptors (Lipinski definition) is 2. The van der Waals surface area contributed by atoms with Gasteiger partial charge in [-0.05, 0) is 31.9 Å². The van der Waals surface area contributed by atoms with Crippen molar-refractivity contribution in [2.24, 2.45) is 0 Å². The van der Waals surface area contributed by atoms with E-state index in [2.05, 4.69) is 5.32 Å². The van der Waals surface area contributed by atoms with Crippen LogP contribution in [0.25, 0.3) is 0 Å². The molecule has 0 aliphatic rings. The van der Waals surface area contributed by atoms with Crippen molar-refractivity contribution in [2.75, 3.05) is 13.2 Å². The number of hydrogen-bond donors (Lipinski definition) is 2. The van der Waals surface area contributed by atoms with Crippen LogP contribution in [0.2, 0.25) is 0 Å². The van der Waals surface area contributed by atoms with E-state index >= 15 is 0 Å². The fourth-order valence-electron chi connectivity index (χ4n) is 2.79. The molecule has 2 N–H and O–H groups in total. The molecule has 2 aromatic carbocycles. The lowest BCUT2D eigenvalue weighted by atomic mass is 9.83. The van der Waals surface area contributed by atoms with E-state index < -0.39 is 5.41 Å². The third-order valence-electron chi connectivity index (χ3n) is 4.37. The minimum atomic E-state index is -0.966. The second-order valence-corrected chi connectivity index (χ2v) is 6.43. The van der Waals surface area contributed by atoms with Crippen molar-refractivity contribution < 1.29 is 14.3 Å². The number of amides is 1. The van der Waals surface area contributed by atoms with Gasteiger partial charge in [0, 0.05) is 24.6 Å². The Balaban J connectivity index is 2.09. The molecule has 1 unspecified atom stereocenters. The quantitative estimate of drug-likeness (QED) is 0.818. The van der Waals surface area contributed by atoms with Crippen LogP contribution in [0.1, 0.15) is 37.3 Å². The number of carbonyl (C=O) groups is 1. The third-order valence-corrected chi connectivity index (χ3v) is 4.37. The van der Waals surface area contributed by atoms with E-state index in [-0.39, 0.29) is 24.2 Å². The number of nitrogens with one attached hydrogen (secondary N) is 1. The molecule has 24 heavy (non-hydrogen) atoms. The van der Waals surface area contributed by atoms with Crippen LogP contribution in [0.3, 0.4) is 0 Å². The minimum Gasteiger partial charge on any atom is -0.396 e. The first-order valence-corrected chi connectivity index (χ1v) is 8.16. The molecule has 0 saturated heterocycles. The molecule has 1 amide bonds. The van der Waals surface area contributed by atoms with Crippen molar-refractivity contribution in [2.45, 2.75) is 31.6 Å². The molecule has 1 atom stereocenters. The molecule has 0 aliphatic heterocycles. The largest absolute Gasteiger partial charge is 0.396 e. The van der Waals surface area contributed by atoms with Crippen LogP contribution in [0.4, 0.5) is 4.39 Å². The summed E-state index contributed by atoms with van der Waals surface area (Å²) in [6.07, 6.45) is 0.560. The van der Waals surface area contributed by atoms with Gasteiger partial charge in [-0.15, -0.1) is 0 Å². The Labute approximate surface area is 142 Å². The van der Waals surface area contributed by atoms with E-state index in [1.165, 1.54) is 6.07 Å². The molecular formula is C20H24FNO2. The highest BCUT2D eigenvalue weighted by Gasteiger charge is 2.32. The molecule has 128 valence electrons. The Morgan fingerprint density at radius 2 is 1.75 bits per heavy atom. The fourth-order valence-corrected chi connectivity index (χ4v) is 2.79. The summed E-state index contributed by atoms with van der Waals surface area (Å²) in [5, 5.41) is 12.2. The zero-order valence-corrected chi connectivity index (χ0v) is 14.1. The predicted octanol–water partition coefficient (Wildman–Crippen LogP) is 3.39. The summed E-state index contributed by atoms with van der Waals surface area (Å²) in [6, 6.07) is 16.1. The molecule has 0 bridgehead atoms. The van der Waals surface area contributed by atoms with E-state index in [0.29, 0.717) is 18.5 Å². The van der Waals surface area contributed by atoms with E-state index in [0.717, 1.165) is 5.56 Å². The Kier molecular flexibility index (Phi) is 6.10. The number of benzene rings is 2. The van der Waals surface area contributed by atoms with Gasteiger partial charge in [0.1, 0.15) is 5.82 Å². The minimum absolute atomic E-state index is 0.0246. The van der Waals surface area contributed by atoms with Gasteiger partial charge in [0.25, 0.3) is 0 Å². The molecular weight excluding hydrogens is 305 g/mol. The van der Waals surface area contributed by atoms with Crippen LogP contribution in [0.5, 0.6) is 0 Å². The molecule has 0 spiro atoms. The predicted molar refractivity (Wildman–Crippen MR) is 93.3 cm³/mol. The highest BCUT2D eigenvalue weighted by Crippen LogP contribution is 2.26. The lowest BCUT2D eigenvalue weighted by molar-refractivity contribution is -0.125. The maximum atomic E-state index is 14.0. The van der Waals surface area contributed by atoms with Crippen LogP contribution < -0.4 is 5.32 Å². The van der Waals surface area contributed by atoms with Gasteiger partial charge in [-0.2, -0.15) is 0 Å². The highest BCUT2D eigenvalue weighted by atomic mass is 19.1. The van der Waals surface area contributed by atoms with Crippen molar-refractivity contribution in [3.8, 4) is 0 Å². The average molecular weight is 329 g/mol. The van der Waals surface area contributed by atoms with Crippen LogP contribution >= 0.6 is 0 Å². The van der Waals surface area contributed by atoms with Crippen LogP contribution in [-0.4, -0.2) is 24.2 Å². The molecule has 0 aromatic heterocycles. The van der Waals surface area contributed by atoms with E-state index in [1.54, 1.807) is 32.0 Å². The van der Waals surface area contributed by atoms with Crippen molar-refractivity contribution >= 4 is 5.91 Å². The normalized spacial score (nSPS) is 12.7. The van der Waals surface area contributed by atoms with E-state index in [9.17, 15) is 14.3 Å². The smallest absolute Gasteiger partial charge is 0.230 e. The van der Waals surface area contributed by atoms with Crippen LogP contribution in [0, 0.1) is 5.82 Å². The number of aliphatic hydroxyl groups is 1. The summed E-state index contributed by atoms with van der Waals surface area (Å²) in [5.74, 6) is -0.587. The highest BCUT2D eigenvalue weighted by molar-refractivity contribution is 5.87. The van der Waals surface area contributed by atoms with Gasteiger partial charge in [-0.3, -0.25) is 4.79 Å². The van der Waals surface area contributed by atoms with Crippen molar-refractivity contribution in [1.29, 1.82) is 0 Å². The van der Waals surface area contributed by atoms with Gasteiger partial charge < -0.3 is 10.4 Å². The number of aliphatic hydroxyl groups excluding tert-OH is 1. The lowest BCUT2D eigenvalue weighted by Crippen LogP contribution is -2.42. The summed E-state index contributed by atoms with van der Waals surface area (Å²) in [4.78, 5) is 12.6. The molecule has 2 rings (SSSR count). The van der Waals surface area contributed by atoms with Crippen LogP contribution in [-0.2, 0) is 10.2 Å². The maximum absolute atomic E-state index is 14.0. The zero-order chi connectivity index (χ0) is 17.6. The molecule has 3 nitrogen and oxygen atoms in total. The Morgan fingerprint density at radius 3 is 2.38 bits per heavy atom. The van der Waals surface area contributed by atoms with Gasteiger partial charge >= 0.3 is 0 Å². The van der Waals surface area contributed by atoms with Gasteiger partial charge in [0.15, 0.2) is 0 Å². The van der Waals surface area contributed by atoms with Crippen molar-refractivity contribution in [3.63, 3.8) is 0 Å². The van der Waals surface area contributed by atoms with E-state index in [4.69, 9.17) is 0 Å². The summed E-state index contributed by atoms with van der Waals surface area (Å²) in [5.41, 5.74) is 0.475. The molecule has 4 heteroatoms. The first-order chi connectivity index (χ1) is 11.5. The number of rotatable bonds is 7. The first-order valence-electron chi connectivity index (χ1n) is 8.16. The summed E-state index contributed by atoms with van der Waals surface area (Å²) >= 11 is 0. The lowest BCUT2D eigenvalue weighted by Gasteiger charge is -2.26. The molecule has 0 saturated carbocycles. The molecule has 0 aliphatic carbocycles.